The summed E-state index contributed by atoms with van der Waals surface area (Å²) in [6.07, 6.45) is 2.59. The first-order valence-electron chi connectivity index (χ1n) is 9.47. The lowest BCUT2D eigenvalue weighted by Crippen LogP contribution is -2.44. The predicted molar refractivity (Wildman–Crippen MR) is 114 cm³/mol. The van der Waals surface area contributed by atoms with Gasteiger partial charge in [-0.3, -0.25) is 9.89 Å². The van der Waals surface area contributed by atoms with Crippen LogP contribution in [0.3, 0.4) is 0 Å². The first kappa shape index (κ1) is 19.4. The van der Waals surface area contributed by atoms with E-state index in [4.69, 9.17) is 0 Å². The molecule has 1 saturated heterocycles. The zero-order valence-electron chi connectivity index (χ0n) is 15.8. The molecule has 3 rings (SSSR count). The molecular formula is C20H30N4S2. The highest BCUT2D eigenvalue weighted by Gasteiger charge is 2.20. The second kappa shape index (κ2) is 10.1. The lowest BCUT2D eigenvalue weighted by Gasteiger charge is -2.32. The molecule has 0 bridgehead atoms. The molecule has 26 heavy (non-hydrogen) atoms. The topological polar surface area (TPSA) is 39.7 Å². The average Bonchev–Trinajstić information content (AvgIpc) is 3.36. The third kappa shape index (κ3) is 5.83. The molecule has 4 nitrogen and oxygen atoms in total. The van der Waals surface area contributed by atoms with Crippen molar-refractivity contribution < 1.29 is 0 Å². The Balaban J connectivity index is 1.40. The molecule has 2 aromatic heterocycles. The number of likely N-dealkylation sites (tertiary alicyclic amines) is 1. The van der Waals surface area contributed by atoms with E-state index in [1.165, 1.54) is 35.7 Å². The number of thiophene rings is 2. The van der Waals surface area contributed by atoms with Crippen LogP contribution in [0.5, 0.6) is 0 Å². The maximum absolute atomic E-state index is 4.39. The Hall–Kier alpha value is -1.37. The van der Waals surface area contributed by atoms with E-state index in [1.54, 1.807) is 0 Å². The highest BCUT2D eigenvalue weighted by molar-refractivity contribution is 7.10. The maximum atomic E-state index is 4.39. The van der Waals surface area contributed by atoms with Gasteiger partial charge in [-0.15, -0.1) is 22.7 Å². The fourth-order valence-electron chi connectivity index (χ4n) is 3.47. The largest absolute Gasteiger partial charge is 0.356 e. The molecule has 0 saturated carbocycles. The summed E-state index contributed by atoms with van der Waals surface area (Å²) in [5.41, 5.74) is 0. The lowest BCUT2D eigenvalue weighted by atomic mass is 9.98. The number of guanidine groups is 1. The molecule has 142 valence electrons. The van der Waals surface area contributed by atoms with E-state index in [0.29, 0.717) is 11.8 Å². The van der Waals surface area contributed by atoms with Gasteiger partial charge in [0.05, 0.1) is 0 Å². The van der Waals surface area contributed by atoms with Crippen molar-refractivity contribution in [3.63, 3.8) is 0 Å². The molecule has 2 aromatic rings. The minimum absolute atomic E-state index is 0.504. The summed E-state index contributed by atoms with van der Waals surface area (Å²) in [7, 11) is 1.86. The van der Waals surface area contributed by atoms with Gasteiger partial charge in [0, 0.05) is 48.9 Å². The van der Waals surface area contributed by atoms with Gasteiger partial charge in [0.2, 0.25) is 0 Å². The van der Waals surface area contributed by atoms with Crippen LogP contribution in [0.4, 0.5) is 0 Å². The van der Waals surface area contributed by atoms with Crippen LogP contribution in [0, 0.1) is 5.92 Å². The molecular weight excluding hydrogens is 360 g/mol. The molecule has 1 fully saturated rings. The molecule has 0 aromatic carbocycles. The number of nitrogens with one attached hydrogen (secondary N) is 2. The fraction of sp³-hybridized carbons (Fsp3) is 0.550. The average molecular weight is 391 g/mol. The molecule has 2 atom stereocenters. The van der Waals surface area contributed by atoms with E-state index in [0.717, 1.165) is 25.6 Å². The van der Waals surface area contributed by atoms with Gasteiger partial charge in [-0.1, -0.05) is 19.1 Å². The molecule has 0 spiro atoms. The first-order valence-corrected chi connectivity index (χ1v) is 11.2. The zero-order chi connectivity index (χ0) is 18.2. The van der Waals surface area contributed by atoms with E-state index >= 15 is 0 Å². The summed E-state index contributed by atoms with van der Waals surface area (Å²) in [6.45, 7) is 7.66. The third-order valence-corrected chi connectivity index (χ3v) is 6.91. The van der Waals surface area contributed by atoms with Gasteiger partial charge < -0.3 is 10.6 Å². The molecule has 6 heteroatoms. The molecule has 0 radical (unpaired) electrons. The molecule has 0 aliphatic carbocycles. The predicted octanol–water partition coefficient (Wildman–Crippen LogP) is 3.99. The number of hydrogen-bond acceptors (Lipinski definition) is 4. The van der Waals surface area contributed by atoms with Gasteiger partial charge in [0.25, 0.3) is 0 Å². The quantitative estimate of drug-likeness (QED) is 0.555. The number of aliphatic imine (C=N–C) groups is 1. The van der Waals surface area contributed by atoms with E-state index in [9.17, 15) is 0 Å². The van der Waals surface area contributed by atoms with E-state index < -0.39 is 0 Å². The van der Waals surface area contributed by atoms with Crippen molar-refractivity contribution in [2.75, 3.05) is 33.2 Å². The molecule has 1 aliphatic rings. The van der Waals surface area contributed by atoms with Crippen molar-refractivity contribution in [1.29, 1.82) is 0 Å². The Morgan fingerprint density at radius 2 is 2.12 bits per heavy atom. The van der Waals surface area contributed by atoms with Crippen LogP contribution in [0.15, 0.2) is 40.0 Å². The van der Waals surface area contributed by atoms with Gasteiger partial charge in [-0.25, -0.2) is 0 Å². The van der Waals surface area contributed by atoms with Crippen molar-refractivity contribution in [3.8, 4) is 0 Å². The highest BCUT2D eigenvalue weighted by atomic mass is 32.1. The standard InChI is InChI=1S/C20H30N4S2/c1-16(19-8-5-11-26-19)12-22-20(21-2)23-13-17-6-3-9-24(14-17)15-18-7-4-10-25-18/h4-5,7-8,10-11,16-17H,3,6,9,12-15H2,1-2H3,(H2,21,22,23). The zero-order valence-corrected chi connectivity index (χ0v) is 17.4. The van der Waals surface area contributed by atoms with Crippen molar-refractivity contribution in [2.24, 2.45) is 10.9 Å². The summed E-state index contributed by atoms with van der Waals surface area (Å²) in [4.78, 5) is 9.88. The van der Waals surface area contributed by atoms with Crippen molar-refractivity contribution in [3.05, 3.63) is 44.8 Å². The Kier molecular flexibility index (Phi) is 7.53. The summed E-state index contributed by atoms with van der Waals surface area (Å²) in [6, 6.07) is 8.72. The van der Waals surface area contributed by atoms with Crippen LogP contribution >= 0.6 is 22.7 Å². The minimum Gasteiger partial charge on any atom is -0.356 e. The van der Waals surface area contributed by atoms with Crippen LogP contribution in [0.1, 0.15) is 35.4 Å². The third-order valence-electron chi connectivity index (χ3n) is 4.95. The SMILES string of the molecule is CN=C(NCC1CCCN(Cc2cccs2)C1)NCC(C)c1cccs1. The Morgan fingerprint density at radius 1 is 1.27 bits per heavy atom. The monoisotopic (exact) mass is 390 g/mol. The van der Waals surface area contributed by atoms with Crippen LogP contribution in [0.25, 0.3) is 0 Å². The molecule has 2 N–H and O–H groups in total. The van der Waals surface area contributed by atoms with E-state index in [1.807, 2.05) is 29.7 Å². The van der Waals surface area contributed by atoms with Crippen LogP contribution < -0.4 is 10.6 Å². The molecule has 0 amide bonds. The van der Waals surface area contributed by atoms with Crippen molar-refractivity contribution in [2.45, 2.75) is 32.2 Å². The Morgan fingerprint density at radius 3 is 2.85 bits per heavy atom. The van der Waals surface area contributed by atoms with E-state index in [-0.39, 0.29) is 0 Å². The van der Waals surface area contributed by atoms with Crippen molar-refractivity contribution >= 4 is 28.6 Å². The van der Waals surface area contributed by atoms with Crippen LogP contribution in [-0.2, 0) is 6.54 Å². The molecule has 3 heterocycles. The highest BCUT2D eigenvalue weighted by Crippen LogP contribution is 2.21. The Labute approximate surface area is 165 Å². The summed E-state index contributed by atoms with van der Waals surface area (Å²) < 4.78 is 0. The van der Waals surface area contributed by atoms with Gasteiger partial charge in [0.1, 0.15) is 0 Å². The number of nitrogens with zero attached hydrogens (tertiary/aromatic N) is 2. The number of piperidine rings is 1. The van der Waals surface area contributed by atoms with Crippen molar-refractivity contribution in [1.82, 2.24) is 15.5 Å². The minimum atomic E-state index is 0.504. The maximum Gasteiger partial charge on any atom is 0.191 e. The van der Waals surface area contributed by atoms with Crippen LogP contribution in [-0.4, -0.2) is 44.1 Å². The summed E-state index contributed by atoms with van der Waals surface area (Å²) >= 11 is 3.69. The molecule has 2 unspecified atom stereocenters. The smallest absolute Gasteiger partial charge is 0.191 e. The second-order valence-corrected chi connectivity index (χ2v) is 9.08. The Bertz CT molecular complexity index is 651. The number of hydrogen-bond donors (Lipinski definition) is 2. The van der Waals surface area contributed by atoms with Gasteiger partial charge >= 0.3 is 0 Å². The second-order valence-electron chi connectivity index (χ2n) is 7.07. The summed E-state index contributed by atoms with van der Waals surface area (Å²) in [5, 5.41) is 11.3. The van der Waals surface area contributed by atoms with Crippen LogP contribution in [0.2, 0.25) is 0 Å². The lowest BCUT2D eigenvalue weighted by molar-refractivity contribution is 0.169. The number of rotatable bonds is 7. The fourth-order valence-corrected chi connectivity index (χ4v) is 5.00. The van der Waals surface area contributed by atoms with Gasteiger partial charge in [-0.2, -0.15) is 0 Å². The van der Waals surface area contributed by atoms with E-state index in [2.05, 4.69) is 62.5 Å². The van der Waals surface area contributed by atoms with Gasteiger partial charge in [0.15, 0.2) is 5.96 Å². The summed E-state index contributed by atoms with van der Waals surface area (Å²) in [5.74, 6) is 2.12. The van der Waals surface area contributed by atoms with Gasteiger partial charge in [-0.05, 0) is 48.2 Å². The normalized spacial score (nSPS) is 20.1. The molecule has 1 aliphatic heterocycles. The first-order chi connectivity index (χ1) is 12.7.